The number of hydrogen-bond acceptors (Lipinski definition) is 9. The van der Waals surface area contributed by atoms with Crippen LogP contribution in [-0.2, 0) is 28.7 Å². The van der Waals surface area contributed by atoms with Crippen molar-refractivity contribution < 1.29 is 18.7 Å². The number of nitrogens with one attached hydrogen (secondary N) is 1. The van der Waals surface area contributed by atoms with Crippen molar-refractivity contribution in [3.05, 3.63) is 122 Å². The van der Waals surface area contributed by atoms with Gasteiger partial charge in [0.05, 0.1) is 23.3 Å². The number of carbonyl (C=O) groups is 2. The number of imide groups is 1. The summed E-state index contributed by atoms with van der Waals surface area (Å²) in [5, 5.41) is 2.94. The Hall–Kier alpha value is -5.62. The van der Waals surface area contributed by atoms with Gasteiger partial charge in [0.15, 0.2) is 5.69 Å². The highest BCUT2D eigenvalue weighted by Crippen LogP contribution is 2.38. The lowest BCUT2D eigenvalue weighted by atomic mass is 9.78. The van der Waals surface area contributed by atoms with Crippen LogP contribution in [-0.4, -0.2) is 98.2 Å². The minimum atomic E-state index is -1.22. The number of anilines is 1. The first kappa shape index (κ1) is 44.6. The summed E-state index contributed by atoms with van der Waals surface area (Å²) in [5.41, 5.74) is 4.19. The maximum absolute atomic E-state index is 16.5. The zero-order valence-corrected chi connectivity index (χ0v) is 38.2. The maximum atomic E-state index is 16.5. The first-order chi connectivity index (χ1) is 31.3. The number of imidazole rings is 1. The molecular formula is C50H57ClFN9O4. The average molecular weight is 903 g/mol. The molecule has 9 rings (SSSR count). The molecule has 1 atom stereocenters. The number of alkyl halides is 1. The zero-order valence-electron chi connectivity index (χ0n) is 37.4. The van der Waals surface area contributed by atoms with E-state index in [9.17, 15) is 14.4 Å². The quantitative estimate of drug-likeness (QED) is 0.104. The number of aromatic nitrogens is 4. The number of amides is 2. The number of piperidine rings is 4. The van der Waals surface area contributed by atoms with E-state index in [-0.39, 0.29) is 29.4 Å². The van der Waals surface area contributed by atoms with E-state index in [0.29, 0.717) is 60.6 Å². The summed E-state index contributed by atoms with van der Waals surface area (Å²) in [4.78, 5) is 58.1. The molecule has 0 spiro atoms. The van der Waals surface area contributed by atoms with Gasteiger partial charge < -0.3 is 19.4 Å². The number of aryl methyl sites for hydroxylation is 1. The summed E-state index contributed by atoms with van der Waals surface area (Å²) in [6, 6.07) is 21.0. The lowest BCUT2D eigenvalue weighted by Gasteiger charge is -2.45. The number of benzene rings is 3. The van der Waals surface area contributed by atoms with E-state index in [4.69, 9.17) is 27.9 Å². The van der Waals surface area contributed by atoms with Crippen LogP contribution in [0.1, 0.15) is 99.6 Å². The Bertz CT molecular complexity index is 2670. The number of likely N-dealkylation sites (tertiary alicyclic amines) is 2. The standard InChI is InChI=1S/C50H57ClFN9O4/c1-49(2,35-28-36(51)30-38(29-35)53-3)34-8-10-40(11-9-34)65-31-37-14-21-54-47(55-37)60-24-17-39(18-25-60)59-26-19-50(52,20-27-59)32-58-22-15-33(16-23-58)41-6-5-7-42-45(41)57(4)48(64)61(42)43-12-13-44(62)56-46(43)63/h5-11,14,21,28-30,33,39,43H,12-13,15-20,22-27,31-32H2,1-2,4H3,(H,56,62,63). The molecule has 4 aliphatic rings. The number of halogens is 2. The average Bonchev–Trinajstić information content (AvgIpc) is 3.57. The van der Waals surface area contributed by atoms with Gasteiger partial charge in [-0.3, -0.25) is 24.0 Å². The van der Waals surface area contributed by atoms with Gasteiger partial charge in [-0.1, -0.05) is 55.8 Å². The highest BCUT2D eigenvalue weighted by molar-refractivity contribution is 6.31. The first-order valence-electron chi connectivity index (χ1n) is 23.0. The van der Waals surface area contributed by atoms with Gasteiger partial charge in [-0.25, -0.2) is 24.0 Å². The van der Waals surface area contributed by atoms with Gasteiger partial charge in [0.25, 0.3) is 0 Å². The van der Waals surface area contributed by atoms with E-state index in [2.05, 4.69) is 49.8 Å². The van der Waals surface area contributed by atoms with Crippen LogP contribution in [0.5, 0.6) is 5.75 Å². The summed E-state index contributed by atoms with van der Waals surface area (Å²) >= 11 is 6.32. The van der Waals surface area contributed by atoms with Crippen molar-refractivity contribution in [2.24, 2.45) is 7.05 Å². The molecule has 3 aromatic carbocycles. The summed E-state index contributed by atoms with van der Waals surface area (Å²) < 4.78 is 25.8. The Balaban J connectivity index is 0.731. The van der Waals surface area contributed by atoms with Crippen molar-refractivity contribution in [2.45, 2.75) is 101 Å². The van der Waals surface area contributed by atoms with Gasteiger partial charge in [0, 0.05) is 68.9 Å². The summed E-state index contributed by atoms with van der Waals surface area (Å²) in [5.74, 6) is 0.921. The van der Waals surface area contributed by atoms with Gasteiger partial charge in [0.1, 0.15) is 24.1 Å². The van der Waals surface area contributed by atoms with Crippen LogP contribution in [0.2, 0.25) is 5.02 Å². The maximum Gasteiger partial charge on any atom is 0.329 e. The third-order valence-corrected chi connectivity index (χ3v) is 14.8. The van der Waals surface area contributed by atoms with E-state index >= 15 is 4.39 Å². The molecule has 2 aromatic heterocycles. The molecule has 4 aliphatic heterocycles. The van der Waals surface area contributed by atoms with E-state index in [1.165, 1.54) is 0 Å². The molecule has 5 aromatic rings. The molecule has 2 amide bonds. The van der Waals surface area contributed by atoms with E-state index in [1.54, 1.807) is 28.4 Å². The lowest BCUT2D eigenvalue weighted by molar-refractivity contribution is -0.135. The molecule has 0 aliphatic carbocycles. The highest BCUT2D eigenvalue weighted by atomic mass is 35.5. The van der Waals surface area contributed by atoms with Crippen LogP contribution in [0.4, 0.5) is 16.0 Å². The Morgan fingerprint density at radius 1 is 0.923 bits per heavy atom. The number of nitrogens with zero attached hydrogens (tertiary/aromatic N) is 8. The third-order valence-electron chi connectivity index (χ3n) is 14.5. The van der Waals surface area contributed by atoms with E-state index in [1.807, 2.05) is 54.6 Å². The summed E-state index contributed by atoms with van der Waals surface area (Å²) in [6.45, 7) is 17.2. The molecule has 0 radical (unpaired) electrons. The molecule has 0 bridgehead atoms. The van der Waals surface area contributed by atoms with Gasteiger partial charge in [-0.15, -0.1) is 0 Å². The smallest absolute Gasteiger partial charge is 0.329 e. The highest BCUT2D eigenvalue weighted by Gasteiger charge is 2.40. The second kappa shape index (κ2) is 18.3. The Morgan fingerprint density at radius 3 is 2.37 bits per heavy atom. The van der Waals surface area contributed by atoms with E-state index < -0.39 is 17.6 Å². The first-order valence-corrected chi connectivity index (χ1v) is 23.3. The number of fused-ring (bicyclic) bond motifs is 1. The molecule has 15 heteroatoms. The number of hydrogen-bond donors (Lipinski definition) is 1. The van der Waals surface area contributed by atoms with Crippen LogP contribution in [0, 0.1) is 6.57 Å². The fourth-order valence-corrected chi connectivity index (χ4v) is 10.8. The van der Waals surface area contributed by atoms with Crippen molar-refractivity contribution in [3.8, 4) is 5.75 Å². The predicted octanol–water partition coefficient (Wildman–Crippen LogP) is 7.87. The number of ether oxygens (including phenoxy) is 1. The number of para-hydroxylation sites is 1. The molecule has 6 heterocycles. The Kier molecular flexibility index (Phi) is 12.6. The summed E-state index contributed by atoms with van der Waals surface area (Å²) in [7, 11) is 1.75. The predicted molar refractivity (Wildman–Crippen MR) is 250 cm³/mol. The fourth-order valence-electron chi connectivity index (χ4n) is 10.6. The zero-order chi connectivity index (χ0) is 45.5. The molecule has 4 fully saturated rings. The van der Waals surface area contributed by atoms with Crippen LogP contribution < -0.4 is 20.6 Å². The normalized spacial score (nSPS) is 20.5. The van der Waals surface area contributed by atoms with Crippen LogP contribution in [0.25, 0.3) is 15.9 Å². The van der Waals surface area contributed by atoms with Gasteiger partial charge in [0.2, 0.25) is 17.8 Å². The van der Waals surface area contributed by atoms with Crippen LogP contribution >= 0.6 is 11.6 Å². The van der Waals surface area contributed by atoms with Crippen molar-refractivity contribution in [1.82, 2.24) is 34.2 Å². The van der Waals surface area contributed by atoms with Crippen molar-refractivity contribution in [3.63, 3.8) is 0 Å². The monoisotopic (exact) mass is 901 g/mol. The second-order valence-corrected chi connectivity index (χ2v) is 19.4. The number of carbonyl (C=O) groups excluding carboxylic acids is 2. The van der Waals surface area contributed by atoms with Gasteiger partial charge in [-0.05, 0) is 117 Å². The van der Waals surface area contributed by atoms with Crippen molar-refractivity contribution >= 4 is 46.1 Å². The molecule has 13 nitrogen and oxygen atoms in total. The molecule has 1 N–H and O–H groups in total. The SMILES string of the molecule is [C-]#[N+]c1cc(Cl)cc(C(C)(C)c2ccc(OCc3ccnc(N4CCC(N5CCC(F)(CN6CCC(c7cccc8c7n(C)c(=O)n8C7CCC(=O)NC7=O)CC6)CC5)CC4)n3)cc2)c1. The summed E-state index contributed by atoms with van der Waals surface area (Å²) in [6.07, 6.45) is 7.03. The molecule has 65 heavy (non-hydrogen) atoms. The minimum absolute atomic E-state index is 0.203. The molecule has 340 valence electrons. The lowest BCUT2D eigenvalue weighted by Crippen LogP contribution is -2.53. The Morgan fingerprint density at radius 2 is 1.66 bits per heavy atom. The molecule has 1 unspecified atom stereocenters. The minimum Gasteiger partial charge on any atom is -0.487 e. The Labute approximate surface area is 384 Å². The molecular weight excluding hydrogens is 845 g/mol. The largest absolute Gasteiger partial charge is 0.487 e. The van der Waals surface area contributed by atoms with Gasteiger partial charge >= 0.3 is 5.69 Å². The molecule has 0 saturated carbocycles. The molecule has 4 saturated heterocycles. The number of rotatable bonds is 11. The van der Waals surface area contributed by atoms with Crippen LogP contribution in [0.3, 0.4) is 0 Å². The topological polar surface area (TPSA) is 122 Å². The van der Waals surface area contributed by atoms with E-state index in [0.717, 1.165) is 98.6 Å². The van der Waals surface area contributed by atoms with Crippen LogP contribution in [0.15, 0.2) is 77.7 Å². The van der Waals surface area contributed by atoms with Crippen molar-refractivity contribution in [1.29, 1.82) is 0 Å². The fraction of sp³-hybridized carbons (Fsp3) is 0.480. The third kappa shape index (κ3) is 9.28. The van der Waals surface area contributed by atoms with Crippen molar-refractivity contribution in [2.75, 3.05) is 50.7 Å². The van der Waals surface area contributed by atoms with Gasteiger partial charge in [-0.2, -0.15) is 0 Å². The second-order valence-electron chi connectivity index (χ2n) is 18.9.